The van der Waals surface area contributed by atoms with Gasteiger partial charge >= 0.3 is 0 Å². The summed E-state index contributed by atoms with van der Waals surface area (Å²) in [5, 5.41) is 3.61. The quantitative estimate of drug-likeness (QED) is 0.270. The van der Waals surface area contributed by atoms with Crippen molar-refractivity contribution in [2.24, 2.45) is 0 Å². The maximum Gasteiger partial charge on any atom is 0.276 e. The van der Waals surface area contributed by atoms with Gasteiger partial charge in [0.05, 0.1) is 5.02 Å². The van der Waals surface area contributed by atoms with E-state index in [2.05, 4.69) is 16.2 Å². The molecular weight excluding hydrogens is 478 g/mol. The Morgan fingerprint density at radius 2 is 1.55 bits per heavy atom. The van der Waals surface area contributed by atoms with E-state index in [0.717, 1.165) is 21.2 Å². The minimum absolute atomic E-state index is 0.0610. The summed E-state index contributed by atoms with van der Waals surface area (Å²) in [6.45, 7) is -0.226. The average Bonchev–Trinajstić information content (AvgIpc) is 3.19. The molecular formula is C24H18ClN3O3S2. The van der Waals surface area contributed by atoms with Crippen LogP contribution in [0.3, 0.4) is 0 Å². The number of hydrogen-bond donors (Lipinski definition) is 3. The largest absolute Gasteiger partial charge is 0.484 e. The standard InChI is InChI=1S/C24H18ClN3O3S2/c25-21-18-8-4-5-9-19(18)33-22(21)23(30)26-24(32)28-27-20(29)14-31-17-12-10-16(11-13-17)15-6-2-1-3-7-15/h1-13H,14H2,(H,27,29)(H2,26,28,30,32). The molecule has 1 aromatic heterocycles. The Morgan fingerprint density at radius 3 is 2.27 bits per heavy atom. The van der Waals surface area contributed by atoms with Gasteiger partial charge in [0.2, 0.25) is 0 Å². The zero-order chi connectivity index (χ0) is 23.2. The summed E-state index contributed by atoms with van der Waals surface area (Å²) < 4.78 is 6.39. The molecule has 0 aliphatic heterocycles. The van der Waals surface area contributed by atoms with Gasteiger partial charge in [-0.25, -0.2) is 0 Å². The van der Waals surface area contributed by atoms with E-state index in [9.17, 15) is 9.59 Å². The number of carbonyl (C=O) groups is 2. The van der Waals surface area contributed by atoms with Crippen LogP contribution >= 0.6 is 35.2 Å². The molecule has 1 heterocycles. The van der Waals surface area contributed by atoms with Crippen molar-refractivity contribution in [1.29, 1.82) is 0 Å². The zero-order valence-electron chi connectivity index (χ0n) is 17.1. The van der Waals surface area contributed by atoms with Crippen LogP contribution in [0, 0.1) is 0 Å². The first-order valence-corrected chi connectivity index (χ1v) is 11.5. The van der Waals surface area contributed by atoms with E-state index in [-0.39, 0.29) is 11.7 Å². The van der Waals surface area contributed by atoms with Gasteiger partial charge in [0, 0.05) is 10.1 Å². The molecule has 2 amide bonds. The predicted molar refractivity (Wildman–Crippen MR) is 136 cm³/mol. The number of ether oxygens (including phenoxy) is 1. The van der Waals surface area contributed by atoms with Gasteiger partial charge < -0.3 is 4.74 Å². The minimum atomic E-state index is -0.460. The van der Waals surface area contributed by atoms with Crippen LogP contribution in [-0.4, -0.2) is 23.5 Å². The first kappa shape index (κ1) is 22.7. The predicted octanol–water partition coefficient (Wildman–Crippen LogP) is 4.94. The number of hydrazine groups is 1. The molecule has 0 bridgehead atoms. The van der Waals surface area contributed by atoms with Gasteiger partial charge in [0.25, 0.3) is 11.8 Å². The van der Waals surface area contributed by atoms with Gasteiger partial charge in [-0.15, -0.1) is 11.3 Å². The van der Waals surface area contributed by atoms with Gasteiger partial charge in [-0.1, -0.05) is 72.3 Å². The van der Waals surface area contributed by atoms with E-state index >= 15 is 0 Å². The van der Waals surface area contributed by atoms with Gasteiger partial charge in [-0.05, 0) is 41.5 Å². The Bertz CT molecular complexity index is 1310. The molecule has 6 nitrogen and oxygen atoms in total. The molecule has 0 atom stereocenters. The summed E-state index contributed by atoms with van der Waals surface area (Å²) in [5.41, 5.74) is 7.02. The van der Waals surface area contributed by atoms with E-state index in [1.54, 1.807) is 12.1 Å². The molecule has 0 aliphatic rings. The molecule has 166 valence electrons. The Kier molecular flexibility index (Phi) is 7.19. The van der Waals surface area contributed by atoms with Crippen LogP contribution in [0.4, 0.5) is 0 Å². The van der Waals surface area contributed by atoms with E-state index in [1.165, 1.54) is 11.3 Å². The molecule has 0 spiro atoms. The highest BCUT2D eigenvalue weighted by molar-refractivity contribution is 7.80. The van der Waals surface area contributed by atoms with Gasteiger partial charge in [-0.2, -0.15) is 0 Å². The van der Waals surface area contributed by atoms with E-state index < -0.39 is 11.8 Å². The molecule has 9 heteroatoms. The van der Waals surface area contributed by atoms with E-state index in [4.69, 9.17) is 28.6 Å². The summed E-state index contributed by atoms with van der Waals surface area (Å²) >= 11 is 12.6. The number of fused-ring (bicyclic) bond motifs is 1. The molecule has 0 radical (unpaired) electrons. The first-order valence-electron chi connectivity index (χ1n) is 9.87. The third-order valence-corrected chi connectivity index (χ3v) is 6.49. The van der Waals surface area contributed by atoms with E-state index in [1.807, 2.05) is 66.7 Å². The van der Waals surface area contributed by atoms with Crippen molar-refractivity contribution in [3.05, 3.63) is 88.8 Å². The second-order valence-electron chi connectivity index (χ2n) is 6.88. The minimum Gasteiger partial charge on any atom is -0.484 e. The van der Waals surface area contributed by atoms with Gasteiger partial charge in [-0.3, -0.25) is 25.8 Å². The number of rotatable bonds is 5. The van der Waals surface area contributed by atoms with Crippen molar-refractivity contribution < 1.29 is 14.3 Å². The second kappa shape index (κ2) is 10.4. The fraction of sp³-hybridized carbons (Fsp3) is 0.0417. The lowest BCUT2D eigenvalue weighted by Gasteiger charge is -2.11. The van der Waals surface area contributed by atoms with Crippen molar-refractivity contribution in [3.8, 4) is 16.9 Å². The fourth-order valence-corrected chi connectivity index (χ4v) is 4.59. The molecule has 3 N–H and O–H groups in total. The van der Waals surface area contributed by atoms with E-state index in [0.29, 0.717) is 15.6 Å². The van der Waals surface area contributed by atoms with Crippen molar-refractivity contribution in [2.45, 2.75) is 0 Å². The first-order chi connectivity index (χ1) is 16.0. The Labute approximate surface area is 204 Å². The van der Waals surface area contributed by atoms with Crippen LogP contribution in [-0.2, 0) is 4.79 Å². The molecule has 4 aromatic rings. The van der Waals surface area contributed by atoms with Gasteiger partial charge in [0.15, 0.2) is 11.7 Å². The Hall–Kier alpha value is -3.46. The molecule has 0 saturated heterocycles. The molecule has 0 aliphatic carbocycles. The molecule has 0 fully saturated rings. The van der Waals surface area contributed by atoms with Crippen LogP contribution in [0.1, 0.15) is 9.67 Å². The molecule has 33 heavy (non-hydrogen) atoms. The van der Waals surface area contributed by atoms with Crippen LogP contribution in [0.25, 0.3) is 21.2 Å². The van der Waals surface area contributed by atoms with Crippen molar-refractivity contribution in [2.75, 3.05) is 6.61 Å². The number of thiophene rings is 1. The molecule has 3 aromatic carbocycles. The number of amides is 2. The van der Waals surface area contributed by atoms with Crippen LogP contribution in [0.5, 0.6) is 5.75 Å². The monoisotopic (exact) mass is 495 g/mol. The third-order valence-electron chi connectivity index (χ3n) is 4.62. The summed E-state index contributed by atoms with van der Waals surface area (Å²) in [6.07, 6.45) is 0. The second-order valence-corrected chi connectivity index (χ2v) is 8.72. The summed E-state index contributed by atoms with van der Waals surface area (Å²) in [6, 6.07) is 24.8. The normalized spacial score (nSPS) is 10.5. The lowest BCUT2D eigenvalue weighted by molar-refractivity contribution is -0.123. The topological polar surface area (TPSA) is 79.5 Å². The fourth-order valence-electron chi connectivity index (χ4n) is 3.04. The summed E-state index contributed by atoms with van der Waals surface area (Å²) in [5.74, 6) is -0.360. The van der Waals surface area contributed by atoms with Crippen LogP contribution in [0.2, 0.25) is 5.02 Å². The van der Waals surface area contributed by atoms with Crippen molar-refractivity contribution >= 4 is 62.2 Å². The number of carbonyl (C=O) groups excluding carboxylic acids is 2. The number of nitrogens with one attached hydrogen (secondary N) is 3. The number of halogens is 1. The smallest absolute Gasteiger partial charge is 0.276 e. The van der Waals surface area contributed by atoms with Gasteiger partial charge in [0.1, 0.15) is 10.6 Å². The summed E-state index contributed by atoms with van der Waals surface area (Å²) in [7, 11) is 0. The third kappa shape index (κ3) is 5.67. The molecule has 4 rings (SSSR count). The average molecular weight is 496 g/mol. The highest BCUT2D eigenvalue weighted by Gasteiger charge is 2.18. The SMILES string of the molecule is O=C(COc1ccc(-c2ccccc2)cc1)NNC(=S)NC(=O)c1sc2ccccc2c1Cl. The Morgan fingerprint density at radius 1 is 0.879 bits per heavy atom. The number of benzene rings is 3. The highest BCUT2D eigenvalue weighted by Crippen LogP contribution is 2.34. The number of hydrogen-bond acceptors (Lipinski definition) is 5. The maximum absolute atomic E-state index is 12.5. The van der Waals surface area contributed by atoms with Crippen LogP contribution < -0.4 is 20.9 Å². The highest BCUT2D eigenvalue weighted by atomic mass is 35.5. The zero-order valence-corrected chi connectivity index (χ0v) is 19.5. The molecule has 0 unspecified atom stereocenters. The maximum atomic E-state index is 12.5. The van der Waals surface area contributed by atoms with Crippen molar-refractivity contribution in [3.63, 3.8) is 0 Å². The lowest BCUT2D eigenvalue weighted by atomic mass is 10.1. The van der Waals surface area contributed by atoms with Crippen LogP contribution in [0.15, 0.2) is 78.9 Å². The summed E-state index contributed by atoms with van der Waals surface area (Å²) in [4.78, 5) is 24.9. The lowest BCUT2D eigenvalue weighted by Crippen LogP contribution is -2.49. The number of thiocarbonyl (C=S) groups is 1. The molecule has 0 saturated carbocycles. The van der Waals surface area contributed by atoms with Crippen molar-refractivity contribution in [1.82, 2.24) is 16.2 Å². The Balaban J connectivity index is 1.23.